The first-order valence-corrected chi connectivity index (χ1v) is 15.7. The number of nitrogens with zero attached hydrogens (tertiary/aromatic N) is 1. The van der Waals surface area contributed by atoms with Crippen molar-refractivity contribution in [3.63, 3.8) is 0 Å². The van der Waals surface area contributed by atoms with E-state index in [1.807, 2.05) is 81.4 Å². The number of sulfonamides is 1. The molecule has 8 nitrogen and oxygen atoms in total. The zero-order valence-corrected chi connectivity index (χ0v) is 25.5. The van der Waals surface area contributed by atoms with Crippen LogP contribution in [0.4, 0.5) is 0 Å². The maximum atomic E-state index is 13.4. The normalized spacial score (nSPS) is 12.5. The summed E-state index contributed by atoms with van der Waals surface area (Å²) in [5.74, 6) is -0.856. The molecule has 1 amide bonds. The molecule has 0 saturated carbocycles. The first kappa shape index (κ1) is 30.6. The summed E-state index contributed by atoms with van der Waals surface area (Å²) in [6.45, 7) is 5.66. The Balaban J connectivity index is 1.40. The van der Waals surface area contributed by atoms with Crippen molar-refractivity contribution in [2.24, 2.45) is 11.0 Å². The minimum Gasteiger partial charge on any atom is -0.422 e. The highest BCUT2D eigenvalue weighted by Crippen LogP contribution is 2.28. The van der Waals surface area contributed by atoms with Crippen molar-refractivity contribution in [3.05, 3.63) is 120 Å². The largest absolute Gasteiger partial charge is 0.422 e. The van der Waals surface area contributed by atoms with Gasteiger partial charge in [-0.1, -0.05) is 98.3 Å². The molecule has 0 spiro atoms. The lowest BCUT2D eigenvalue weighted by Crippen LogP contribution is -2.46. The number of rotatable bonds is 10. The molecule has 0 aliphatic heterocycles. The van der Waals surface area contributed by atoms with E-state index in [4.69, 9.17) is 4.74 Å². The van der Waals surface area contributed by atoms with Gasteiger partial charge in [0.05, 0.1) is 16.7 Å². The summed E-state index contributed by atoms with van der Waals surface area (Å²) in [5, 5.41) is 7.50. The van der Waals surface area contributed by atoms with Crippen LogP contribution in [0.5, 0.6) is 5.75 Å². The molecule has 5 aromatic rings. The second kappa shape index (κ2) is 13.2. The molecule has 0 aliphatic carbocycles. The molecule has 0 saturated heterocycles. The van der Waals surface area contributed by atoms with Gasteiger partial charge in [0.25, 0.3) is 5.91 Å². The van der Waals surface area contributed by atoms with Gasteiger partial charge in [-0.05, 0) is 65.1 Å². The van der Waals surface area contributed by atoms with E-state index in [0.29, 0.717) is 11.1 Å². The SMILES string of the molecule is Cc1ccc(S(=O)(=O)N[C@H](CC(C)C)C(=O)N/N=C\c2c(OC(=O)c3cccc4ccccc34)ccc3ccccc23)cc1. The molecule has 9 heteroatoms. The fraction of sp³-hybridized carbons (Fsp3) is 0.171. The molecule has 5 aromatic carbocycles. The average molecular weight is 608 g/mol. The van der Waals surface area contributed by atoms with Crippen LogP contribution in [0.3, 0.4) is 0 Å². The van der Waals surface area contributed by atoms with Crippen molar-refractivity contribution in [2.45, 2.75) is 38.1 Å². The number of amides is 1. The van der Waals surface area contributed by atoms with Crippen LogP contribution in [0.1, 0.15) is 41.8 Å². The lowest BCUT2D eigenvalue weighted by molar-refractivity contribution is -0.123. The Morgan fingerprint density at radius 1 is 0.818 bits per heavy atom. The highest BCUT2D eigenvalue weighted by Gasteiger charge is 2.26. The third-order valence-electron chi connectivity index (χ3n) is 7.16. The number of hydrazone groups is 1. The van der Waals surface area contributed by atoms with Gasteiger partial charge in [0.1, 0.15) is 11.8 Å². The van der Waals surface area contributed by atoms with Crippen molar-refractivity contribution in [3.8, 4) is 5.75 Å². The molecular formula is C35H33N3O5S. The molecule has 0 bridgehead atoms. The Bertz CT molecular complexity index is 1960. The lowest BCUT2D eigenvalue weighted by Gasteiger charge is -2.19. The van der Waals surface area contributed by atoms with E-state index in [0.717, 1.165) is 27.1 Å². The molecule has 0 heterocycles. The predicted octanol–water partition coefficient (Wildman–Crippen LogP) is 6.36. The number of benzene rings is 5. The third-order valence-corrected chi connectivity index (χ3v) is 8.65. The van der Waals surface area contributed by atoms with Crippen LogP contribution in [-0.2, 0) is 14.8 Å². The third kappa shape index (κ3) is 7.02. The molecule has 2 N–H and O–H groups in total. The number of aryl methyl sites for hydroxylation is 1. The van der Waals surface area contributed by atoms with Gasteiger partial charge in [-0.25, -0.2) is 18.6 Å². The number of esters is 1. The Labute approximate surface area is 256 Å². The second-order valence-electron chi connectivity index (χ2n) is 11.0. The van der Waals surface area contributed by atoms with Gasteiger partial charge >= 0.3 is 5.97 Å². The Morgan fingerprint density at radius 2 is 1.45 bits per heavy atom. The van der Waals surface area contributed by atoms with Gasteiger partial charge < -0.3 is 4.74 Å². The Kier molecular flexibility index (Phi) is 9.18. The van der Waals surface area contributed by atoms with E-state index >= 15 is 0 Å². The molecule has 0 unspecified atom stereocenters. The van der Waals surface area contributed by atoms with Gasteiger partial charge in [-0.2, -0.15) is 9.82 Å². The van der Waals surface area contributed by atoms with Crippen LogP contribution in [0.2, 0.25) is 0 Å². The zero-order valence-electron chi connectivity index (χ0n) is 24.7. The van der Waals surface area contributed by atoms with Crippen LogP contribution in [-0.4, -0.2) is 32.6 Å². The molecule has 0 radical (unpaired) electrons. The maximum Gasteiger partial charge on any atom is 0.344 e. The highest BCUT2D eigenvalue weighted by molar-refractivity contribution is 7.89. The van der Waals surface area contributed by atoms with Crippen molar-refractivity contribution < 1.29 is 22.7 Å². The van der Waals surface area contributed by atoms with E-state index in [1.165, 1.54) is 18.3 Å². The number of carbonyl (C=O) groups is 2. The van der Waals surface area contributed by atoms with Crippen molar-refractivity contribution in [1.82, 2.24) is 10.1 Å². The summed E-state index contributed by atoms with van der Waals surface area (Å²) in [5.41, 5.74) is 4.31. The quantitative estimate of drug-likeness (QED) is 0.0830. The van der Waals surface area contributed by atoms with Crippen LogP contribution in [0, 0.1) is 12.8 Å². The van der Waals surface area contributed by atoms with Gasteiger partial charge in [-0.15, -0.1) is 0 Å². The molecular weight excluding hydrogens is 574 g/mol. The standard InChI is InChI=1S/C35H33N3O5S/c1-23(2)21-32(38-44(41,42)27-18-15-24(3)16-19-27)34(39)37-36-22-31-29-13-7-5-10-26(29)17-20-33(31)43-35(40)30-14-8-11-25-9-4-6-12-28(25)30/h4-20,22-23,32,38H,21H2,1-3H3,(H,37,39)/b36-22-/t32-/m1/s1. The van der Waals surface area contributed by atoms with Crippen molar-refractivity contribution >= 4 is 49.7 Å². The topological polar surface area (TPSA) is 114 Å². The maximum absolute atomic E-state index is 13.4. The van der Waals surface area contributed by atoms with Crippen LogP contribution >= 0.6 is 0 Å². The van der Waals surface area contributed by atoms with E-state index in [1.54, 1.807) is 30.3 Å². The molecule has 0 aliphatic rings. The molecule has 0 aromatic heterocycles. The molecule has 224 valence electrons. The first-order chi connectivity index (χ1) is 21.1. The summed E-state index contributed by atoms with van der Waals surface area (Å²) >= 11 is 0. The fourth-order valence-corrected chi connectivity index (χ4v) is 6.16. The zero-order chi connectivity index (χ0) is 31.3. The van der Waals surface area contributed by atoms with Gasteiger partial charge in [0, 0.05) is 5.56 Å². The van der Waals surface area contributed by atoms with Gasteiger partial charge in [0.15, 0.2) is 0 Å². The minimum atomic E-state index is -3.96. The monoisotopic (exact) mass is 607 g/mol. The van der Waals surface area contributed by atoms with E-state index in [9.17, 15) is 18.0 Å². The highest BCUT2D eigenvalue weighted by atomic mass is 32.2. The fourth-order valence-electron chi connectivity index (χ4n) is 4.95. The molecule has 0 fully saturated rings. The van der Waals surface area contributed by atoms with Crippen molar-refractivity contribution in [2.75, 3.05) is 0 Å². The number of ether oxygens (including phenoxy) is 1. The van der Waals surface area contributed by atoms with Crippen LogP contribution < -0.4 is 14.9 Å². The van der Waals surface area contributed by atoms with Crippen LogP contribution in [0.15, 0.2) is 113 Å². The van der Waals surface area contributed by atoms with E-state index in [2.05, 4.69) is 15.2 Å². The number of hydrogen-bond donors (Lipinski definition) is 2. The second-order valence-corrected chi connectivity index (χ2v) is 12.7. The number of nitrogens with one attached hydrogen (secondary N) is 2. The first-order valence-electron chi connectivity index (χ1n) is 14.3. The molecule has 44 heavy (non-hydrogen) atoms. The van der Waals surface area contributed by atoms with E-state index in [-0.39, 0.29) is 23.0 Å². The average Bonchev–Trinajstić information content (AvgIpc) is 3.01. The number of carbonyl (C=O) groups excluding carboxylic acids is 2. The lowest BCUT2D eigenvalue weighted by atomic mass is 10.0. The summed E-state index contributed by atoms with van der Waals surface area (Å²) in [6.07, 6.45) is 1.67. The smallest absolute Gasteiger partial charge is 0.344 e. The summed E-state index contributed by atoms with van der Waals surface area (Å²) in [7, 11) is -3.96. The summed E-state index contributed by atoms with van der Waals surface area (Å²) in [6, 6.07) is 29.4. The number of hydrogen-bond acceptors (Lipinski definition) is 6. The molecule has 1 atom stereocenters. The van der Waals surface area contributed by atoms with Gasteiger partial charge in [0.2, 0.25) is 10.0 Å². The Morgan fingerprint density at radius 3 is 2.16 bits per heavy atom. The van der Waals surface area contributed by atoms with Crippen LogP contribution in [0.25, 0.3) is 21.5 Å². The summed E-state index contributed by atoms with van der Waals surface area (Å²) < 4.78 is 34.5. The minimum absolute atomic E-state index is 0.0218. The van der Waals surface area contributed by atoms with Crippen molar-refractivity contribution in [1.29, 1.82) is 0 Å². The number of fused-ring (bicyclic) bond motifs is 2. The Hall–Kier alpha value is -4.86. The molecule has 5 rings (SSSR count). The van der Waals surface area contributed by atoms with Gasteiger partial charge in [-0.3, -0.25) is 4.79 Å². The predicted molar refractivity (Wildman–Crippen MR) is 173 cm³/mol. The summed E-state index contributed by atoms with van der Waals surface area (Å²) in [4.78, 5) is 26.7. The van der Waals surface area contributed by atoms with E-state index < -0.39 is 27.9 Å².